The van der Waals surface area contributed by atoms with Crippen LogP contribution in [0.3, 0.4) is 0 Å². The second-order valence-electron chi connectivity index (χ2n) is 5.39. The van der Waals surface area contributed by atoms with Crippen molar-refractivity contribution in [2.24, 2.45) is 0 Å². The molecule has 0 spiro atoms. The summed E-state index contributed by atoms with van der Waals surface area (Å²) < 4.78 is 3.43. The predicted molar refractivity (Wildman–Crippen MR) is 74.8 cm³/mol. The molecule has 3 aromatic heterocycles. The Kier molecular flexibility index (Phi) is 2.64. The number of hydrogen-bond donors (Lipinski definition) is 2. The molecule has 3 heterocycles. The number of aliphatic hydroxyl groups excluding tert-OH is 1. The van der Waals surface area contributed by atoms with E-state index in [1.807, 2.05) is 29.9 Å². The van der Waals surface area contributed by atoms with Crippen LogP contribution in [-0.2, 0) is 0 Å². The smallest absolute Gasteiger partial charge is 0.177 e. The van der Waals surface area contributed by atoms with Gasteiger partial charge in [-0.2, -0.15) is 9.61 Å². The second-order valence-corrected chi connectivity index (χ2v) is 5.39. The second kappa shape index (κ2) is 4.52. The molecule has 3 atom stereocenters. The molecule has 8 heteroatoms. The van der Waals surface area contributed by atoms with Crippen LogP contribution >= 0.6 is 0 Å². The first-order valence-corrected chi connectivity index (χ1v) is 6.83. The monoisotopic (exact) mass is 285 g/mol. The van der Waals surface area contributed by atoms with Crippen LogP contribution < -0.4 is 5.32 Å². The molecule has 0 radical (unpaired) electrons. The molecule has 0 unspecified atom stereocenters. The lowest BCUT2D eigenvalue weighted by atomic mass is 9.83. The number of nitrogens with zero attached hydrogens (tertiary/aromatic N) is 6. The number of anilines is 1. The van der Waals surface area contributed by atoms with Gasteiger partial charge in [-0.1, -0.05) is 0 Å². The average molecular weight is 285 g/mol. The first-order chi connectivity index (χ1) is 10.2. The van der Waals surface area contributed by atoms with E-state index in [0.717, 1.165) is 11.4 Å². The lowest BCUT2D eigenvalue weighted by Gasteiger charge is -2.42. The molecule has 21 heavy (non-hydrogen) atoms. The summed E-state index contributed by atoms with van der Waals surface area (Å²) in [5, 5.41) is 29.7. The van der Waals surface area contributed by atoms with E-state index in [1.165, 1.54) is 0 Å². The zero-order chi connectivity index (χ0) is 14.4. The molecule has 0 aromatic carbocycles. The Bertz CT molecular complexity index is 780. The third kappa shape index (κ3) is 2.04. The van der Waals surface area contributed by atoms with Crippen LogP contribution in [0.2, 0.25) is 0 Å². The van der Waals surface area contributed by atoms with E-state index >= 15 is 0 Å². The molecule has 0 amide bonds. The summed E-state index contributed by atoms with van der Waals surface area (Å²) in [6.07, 6.45) is 5.58. The van der Waals surface area contributed by atoms with Gasteiger partial charge >= 0.3 is 0 Å². The van der Waals surface area contributed by atoms with Crippen LogP contribution in [0.4, 0.5) is 5.82 Å². The minimum Gasteiger partial charge on any atom is -0.391 e. The van der Waals surface area contributed by atoms with Crippen molar-refractivity contribution >= 4 is 11.5 Å². The van der Waals surface area contributed by atoms with Gasteiger partial charge in [0.15, 0.2) is 5.65 Å². The largest absolute Gasteiger partial charge is 0.391 e. The molecular formula is C13H15N7O. The van der Waals surface area contributed by atoms with E-state index in [1.54, 1.807) is 17.0 Å². The number of fused-ring (bicyclic) bond motifs is 1. The fraction of sp³-hybridized carbons (Fsp3) is 0.385. The topological polar surface area (TPSA) is 93.2 Å². The number of aliphatic hydroxyl groups is 1. The SMILES string of the molecule is Cc1cnn([C@H]2[C@H](O)C[C@@H]2Nc2ccc3nncn3n2)c1. The van der Waals surface area contributed by atoms with Gasteiger partial charge in [0.05, 0.1) is 24.4 Å². The third-order valence-electron chi connectivity index (χ3n) is 3.83. The molecule has 1 aliphatic carbocycles. The van der Waals surface area contributed by atoms with Crippen molar-refractivity contribution in [3.8, 4) is 0 Å². The van der Waals surface area contributed by atoms with E-state index in [0.29, 0.717) is 12.1 Å². The number of nitrogens with one attached hydrogen (secondary N) is 1. The first-order valence-electron chi connectivity index (χ1n) is 6.83. The summed E-state index contributed by atoms with van der Waals surface area (Å²) in [5.74, 6) is 0.730. The first kappa shape index (κ1) is 12.3. The lowest BCUT2D eigenvalue weighted by molar-refractivity contribution is 0.0132. The van der Waals surface area contributed by atoms with Crippen molar-refractivity contribution in [2.75, 3.05) is 5.32 Å². The van der Waals surface area contributed by atoms with Crippen molar-refractivity contribution in [3.63, 3.8) is 0 Å². The van der Waals surface area contributed by atoms with E-state index in [2.05, 4.69) is 25.7 Å². The molecule has 8 nitrogen and oxygen atoms in total. The maximum atomic E-state index is 10.0. The summed E-state index contributed by atoms with van der Waals surface area (Å²) in [4.78, 5) is 0. The number of hydrogen-bond acceptors (Lipinski definition) is 6. The quantitative estimate of drug-likeness (QED) is 0.724. The van der Waals surface area contributed by atoms with Crippen molar-refractivity contribution in [3.05, 3.63) is 36.4 Å². The number of rotatable bonds is 3. The number of aromatic nitrogens is 6. The van der Waals surface area contributed by atoms with Crippen LogP contribution in [0.5, 0.6) is 0 Å². The van der Waals surface area contributed by atoms with Gasteiger partial charge in [0.1, 0.15) is 12.1 Å². The summed E-state index contributed by atoms with van der Waals surface area (Å²) in [7, 11) is 0. The molecule has 1 aliphatic rings. The Balaban J connectivity index is 1.56. The molecule has 108 valence electrons. The third-order valence-corrected chi connectivity index (χ3v) is 3.83. The zero-order valence-corrected chi connectivity index (χ0v) is 11.5. The van der Waals surface area contributed by atoms with Crippen molar-refractivity contribution in [1.29, 1.82) is 0 Å². The van der Waals surface area contributed by atoms with E-state index < -0.39 is 0 Å². The highest BCUT2D eigenvalue weighted by molar-refractivity contribution is 5.44. The summed E-state index contributed by atoms with van der Waals surface area (Å²) in [5.41, 5.74) is 1.78. The maximum Gasteiger partial charge on any atom is 0.177 e. The highest BCUT2D eigenvalue weighted by atomic mass is 16.3. The molecule has 3 aromatic rings. The highest BCUT2D eigenvalue weighted by Gasteiger charge is 2.42. The summed E-state index contributed by atoms with van der Waals surface area (Å²) in [6.45, 7) is 1.98. The Morgan fingerprint density at radius 1 is 1.38 bits per heavy atom. The molecule has 0 bridgehead atoms. The summed E-state index contributed by atoms with van der Waals surface area (Å²) in [6, 6.07) is 3.74. The van der Waals surface area contributed by atoms with Gasteiger partial charge < -0.3 is 10.4 Å². The van der Waals surface area contributed by atoms with E-state index in [-0.39, 0.29) is 18.2 Å². The molecule has 4 rings (SSSR count). The lowest BCUT2D eigenvalue weighted by Crippen LogP contribution is -2.51. The van der Waals surface area contributed by atoms with Gasteiger partial charge in [0.2, 0.25) is 0 Å². The number of aryl methyl sites for hydroxylation is 1. The standard InChI is InChI=1S/C13H15N7O/c1-8-5-15-19(6-8)13-9(4-10(13)21)16-11-2-3-12-17-14-7-20(12)18-11/h2-3,5-7,9-10,13,21H,4H2,1H3,(H,16,18)/t9-,10+,13+/m0/s1. The maximum absolute atomic E-state index is 10.0. The van der Waals surface area contributed by atoms with E-state index in [4.69, 9.17) is 0 Å². The molecule has 0 aliphatic heterocycles. The molecule has 0 saturated heterocycles. The Hall–Kier alpha value is -2.48. The van der Waals surface area contributed by atoms with Crippen molar-refractivity contribution < 1.29 is 5.11 Å². The Morgan fingerprint density at radius 3 is 3.05 bits per heavy atom. The minimum absolute atomic E-state index is 0.0721. The van der Waals surface area contributed by atoms with Gasteiger partial charge in [-0.15, -0.1) is 15.3 Å². The van der Waals surface area contributed by atoms with Gasteiger partial charge in [0, 0.05) is 6.20 Å². The van der Waals surface area contributed by atoms with Crippen LogP contribution in [0.1, 0.15) is 18.0 Å². The predicted octanol–water partition coefficient (Wildman–Crippen LogP) is 0.416. The normalized spacial score (nSPS) is 25.0. The van der Waals surface area contributed by atoms with Crippen LogP contribution in [0.15, 0.2) is 30.9 Å². The van der Waals surface area contributed by atoms with Gasteiger partial charge in [0.25, 0.3) is 0 Å². The van der Waals surface area contributed by atoms with Crippen LogP contribution in [0.25, 0.3) is 5.65 Å². The minimum atomic E-state index is -0.388. The molecular weight excluding hydrogens is 270 g/mol. The Labute approximate surface area is 120 Å². The fourth-order valence-electron chi connectivity index (χ4n) is 2.71. The molecule has 1 saturated carbocycles. The van der Waals surface area contributed by atoms with Gasteiger partial charge in [-0.25, -0.2) is 0 Å². The summed E-state index contributed by atoms with van der Waals surface area (Å²) >= 11 is 0. The van der Waals surface area contributed by atoms with Crippen molar-refractivity contribution in [1.82, 2.24) is 29.6 Å². The zero-order valence-electron chi connectivity index (χ0n) is 11.5. The van der Waals surface area contributed by atoms with Crippen LogP contribution in [-0.4, -0.2) is 46.8 Å². The fourth-order valence-corrected chi connectivity index (χ4v) is 2.71. The van der Waals surface area contributed by atoms with Crippen molar-refractivity contribution in [2.45, 2.75) is 31.5 Å². The van der Waals surface area contributed by atoms with Crippen LogP contribution in [0, 0.1) is 6.92 Å². The highest BCUT2D eigenvalue weighted by Crippen LogP contribution is 2.34. The molecule has 2 N–H and O–H groups in total. The Morgan fingerprint density at radius 2 is 2.29 bits per heavy atom. The van der Waals surface area contributed by atoms with E-state index in [9.17, 15) is 5.11 Å². The average Bonchev–Trinajstić information content (AvgIpc) is 3.06. The molecule has 1 fully saturated rings. The van der Waals surface area contributed by atoms with Gasteiger partial charge in [-0.05, 0) is 31.0 Å². The van der Waals surface area contributed by atoms with Gasteiger partial charge in [-0.3, -0.25) is 4.68 Å².